The third-order valence-electron chi connectivity index (χ3n) is 5.79. The molecular weight excluding hydrogens is 485 g/mol. The molecule has 2 atom stereocenters. The molecule has 0 saturated carbocycles. The van der Waals surface area contributed by atoms with E-state index in [1.54, 1.807) is 0 Å². The summed E-state index contributed by atoms with van der Waals surface area (Å²) < 4.78 is 0. The van der Waals surface area contributed by atoms with Crippen molar-refractivity contribution in [1.29, 1.82) is 0 Å². The summed E-state index contributed by atoms with van der Waals surface area (Å²) in [6, 6.07) is 22.0. The van der Waals surface area contributed by atoms with Crippen LogP contribution in [0, 0.1) is 0 Å². The van der Waals surface area contributed by atoms with Crippen molar-refractivity contribution in [2.75, 3.05) is 20.1 Å². The fourth-order valence-electron chi connectivity index (χ4n) is 4.08. The molecule has 4 rings (SSSR count). The number of hydrogen-bond acceptors (Lipinski definition) is 3. The SMILES string of the molecule is CN=C(NCc1nccc2ccccc12)NC1CCN(C(C)c2ccccc2)C1.I. The van der Waals surface area contributed by atoms with Gasteiger partial charge < -0.3 is 10.6 Å². The molecule has 0 spiro atoms. The zero-order valence-electron chi connectivity index (χ0n) is 17.6. The highest BCUT2D eigenvalue weighted by molar-refractivity contribution is 14.0. The molecule has 6 heteroatoms. The summed E-state index contributed by atoms with van der Waals surface area (Å²) in [7, 11) is 1.82. The molecule has 2 heterocycles. The number of halogens is 1. The lowest BCUT2D eigenvalue weighted by Crippen LogP contribution is -2.44. The first kappa shape index (κ1) is 22.5. The van der Waals surface area contributed by atoms with Crippen LogP contribution in [-0.2, 0) is 6.54 Å². The molecule has 30 heavy (non-hydrogen) atoms. The summed E-state index contributed by atoms with van der Waals surface area (Å²) in [5.41, 5.74) is 2.41. The number of nitrogens with one attached hydrogen (secondary N) is 2. The first-order valence-electron chi connectivity index (χ1n) is 10.3. The smallest absolute Gasteiger partial charge is 0.191 e. The topological polar surface area (TPSA) is 52.6 Å². The fourth-order valence-corrected chi connectivity index (χ4v) is 4.08. The highest BCUT2D eigenvalue weighted by atomic mass is 127. The molecule has 2 unspecified atom stereocenters. The van der Waals surface area contributed by atoms with Gasteiger partial charge in [0.05, 0.1) is 12.2 Å². The van der Waals surface area contributed by atoms with E-state index in [0.717, 1.165) is 31.2 Å². The molecule has 2 N–H and O–H groups in total. The van der Waals surface area contributed by atoms with Gasteiger partial charge in [0.15, 0.2) is 5.96 Å². The Labute approximate surface area is 196 Å². The Morgan fingerprint density at radius 3 is 2.70 bits per heavy atom. The number of benzene rings is 2. The molecule has 1 saturated heterocycles. The second-order valence-corrected chi connectivity index (χ2v) is 7.62. The van der Waals surface area contributed by atoms with Crippen molar-refractivity contribution in [3.05, 3.63) is 78.1 Å². The fraction of sp³-hybridized carbons (Fsp3) is 0.333. The number of aliphatic imine (C=N–C) groups is 1. The van der Waals surface area contributed by atoms with Gasteiger partial charge in [-0.2, -0.15) is 0 Å². The van der Waals surface area contributed by atoms with Gasteiger partial charge in [-0.1, -0.05) is 54.6 Å². The standard InChI is InChI=1S/C24H29N5.HI/c1-18(19-8-4-3-5-9-19)29-15-13-21(17-29)28-24(25-2)27-16-23-22-11-7-6-10-20(22)12-14-26-23;/h3-12,14,18,21H,13,15-17H2,1-2H3,(H2,25,27,28);1H. The van der Waals surface area contributed by atoms with E-state index in [9.17, 15) is 0 Å². The van der Waals surface area contributed by atoms with Gasteiger partial charge in [-0.05, 0) is 30.4 Å². The lowest BCUT2D eigenvalue weighted by molar-refractivity contribution is 0.258. The number of guanidine groups is 1. The van der Waals surface area contributed by atoms with Crippen LogP contribution in [0.2, 0.25) is 0 Å². The zero-order chi connectivity index (χ0) is 20.1. The third-order valence-corrected chi connectivity index (χ3v) is 5.79. The number of pyridine rings is 1. The number of hydrogen-bond donors (Lipinski definition) is 2. The number of aromatic nitrogens is 1. The summed E-state index contributed by atoms with van der Waals surface area (Å²) in [5, 5.41) is 9.42. The second-order valence-electron chi connectivity index (χ2n) is 7.62. The average Bonchev–Trinajstić information content (AvgIpc) is 3.25. The highest BCUT2D eigenvalue weighted by Gasteiger charge is 2.27. The molecule has 5 nitrogen and oxygen atoms in total. The summed E-state index contributed by atoms with van der Waals surface area (Å²) >= 11 is 0. The highest BCUT2D eigenvalue weighted by Crippen LogP contribution is 2.24. The minimum atomic E-state index is 0. The Morgan fingerprint density at radius 1 is 1.13 bits per heavy atom. The van der Waals surface area contributed by atoms with E-state index in [2.05, 4.69) is 87.0 Å². The summed E-state index contributed by atoms with van der Waals surface area (Å²) in [4.78, 5) is 11.5. The number of nitrogens with zero attached hydrogens (tertiary/aromatic N) is 3. The largest absolute Gasteiger partial charge is 0.352 e. The van der Waals surface area contributed by atoms with Crippen LogP contribution in [-0.4, -0.2) is 42.0 Å². The summed E-state index contributed by atoms with van der Waals surface area (Å²) in [6.07, 6.45) is 2.99. The number of rotatable bonds is 5. The Morgan fingerprint density at radius 2 is 1.90 bits per heavy atom. The zero-order valence-corrected chi connectivity index (χ0v) is 19.9. The quantitative estimate of drug-likeness (QED) is 0.302. The van der Waals surface area contributed by atoms with Crippen LogP contribution in [0.15, 0.2) is 71.9 Å². The maximum absolute atomic E-state index is 4.56. The van der Waals surface area contributed by atoms with Gasteiger partial charge in [-0.25, -0.2) is 0 Å². The maximum Gasteiger partial charge on any atom is 0.191 e. The van der Waals surface area contributed by atoms with Gasteiger partial charge in [0.1, 0.15) is 0 Å². The van der Waals surface area contributed by atoms with Crippen molar-refractivity contribution in [3.8, 4) is 0 Å². The first-order valence-corrected chi connectivity index (χ1v) is 10.3. The Bertz CT molecular complexity index is 970. The van der Waals surface area contributed by atoms with Crippen molar-refractivity contribution in [2.24, 2.45) is 4.99 Å². The summed E-state index contributed by atoms with van der Waals surface area (Å²) in [6.45, 7) is 5.05. The number of fused-ring (bicyclic) bond motifs is 1. The van der Waals surface area contributed by atoms with E-state index in [-0.39, 0.29) is 24.0 Å². The van der Waals surface area contributed by atoms with Crippen molar-refractivity contribution in [2.45, 2.75) is 32.0 Å². The van der Waals surface area contributed by atoms with Gasteiger partial charge in [0.25, 0.3) is 0 Å². The first-order chi connectivity index (χ1) is 14.2. The Hall–Kier alpha value is -2.19. The molecule has 1 aliphatic rings. The van der Waals surface area contributed by atoms with Crippen LogP contribution in [0.4, 0.5) is 0 Å². The van der Waals surface area contributed by atoms with E-state index < -0.39 is 0 Å². The van der Waals surface area contributed by atoms with Gasteiger partial charge in [0.2, 0.25) is 0 Å². The van der Waals surface area contributed by atoms with Gasteiger partial charge >= 0.3 is 0 Å². The van der Waals surface area contributed by atoms with Crippen LogP contribution in [0.5, 0.6) is 0 Å². The Balaban J connectivity index is 0.00000256. The van der Waals surface area contributed by atoms with Crippen LogP contribution in [0.25, 0.3) is 10.8 Å². The minimum absolute atomic E-state index is 0. The van der Waals surface area contributed by atoms with Crippen molar-refractivity contribution in [1.82, 2.24) is 20.5 Å². The molecular formula is C24H30IN5. The van der Waals surface area contributed by atoms with E-state index >= 15 is 0 Å². The maximum atomic E-state index is 4.56. The third kappa shape index (κ3) is 5.29. The molecule has 2 aromatic carbocycles. The van der Waals surface area contributed by atoms with E-state index in [1.807, 2.05) is 19.3 Å². The molecule has 3 aromatic rings. The van der Waals surface area contributed by atoms with Crippen LogP contribution >= 0.6 is 24.0 Å². The molecule has 1 fully saturated rings. The number of likely N-dealkylation sites (tertiary alicyclic amines) is 1. The van der Waals surface area contributed by atoms with E-state index in [4.69, 9.17) is 0 Å². The lowest BCUT2D eigenvalue weighted by atomic mass is 10.1. The van der Waals surface area contributed by atoms with Crippen molar-refractivity contribution < 1.29 is 0 Å². The predicted octanol–water partition coefficient (Wildman–Crippen LogP) is 4.35. The van der Waals surface area contributed by atoms with Crippen LogP contribution in [0.3, 0.4) is 0 Å². The monoisotopic (exact) mass is 515 g/mol. The molecule has 1 aromatic heterocycles. The Kier molecular flexibility index (Phi) is 8.04. The van der Waals surface area contributed by atoms with Crippen molar-refractivity contribution in [3.63, 3.8) is 0 Å². The van der Waals surface area contributed by atoms with Crippen LogP contribution < -0.4 is 10.6 Å². The molecule has 0 bridgehead atoms. The summed E-state index contributed by atoms with van der Waals surface area (Å²) in [5.74, 6) is 0.832. The second kappa shape index (κ2) is 10.7. The normalized spacial score (nSPS) is 18.1. The van der Waals surface area contributed by atoms with E-state index in [1.165, 1.54) is 16.3 Å². The van der Waals surface area contributed by atoms with E-state index in [0.29, 0.717) is 18.6 Å². The van der Waals surface area contributed by atoms with Crippen LogP contribution in [0.1, 0.15) is 30.6 Å². The molecule has 0 aliphatic carbocycles. The van der Waals surface area contributed by atoms with Gasteiger partial charge in [-0.3, -0.25) is 14.9 Å². The molecule has 158 valence electrons. The average molecular weight is 515 g/mol. The molecule has 1 aliphatic heterocycles. The minimum Gasteiger partial charge on any atom is -0.352 e. The predicted molar refractivity (Wildman–Crippen MR) is 135 cm³/mol. The molecule has 0 amide bonds. The van der Waals surface area contributed by atoms with Gasteiger partial charge in [-0.15, -0.1) is 24.0 Å². The molecule has 0 radical (unpaired) electrons. The van der Waals surface area contributed by atoms with Crippen molar-refractivity contribution >= 4 is 40.7 Å². The van der Waals surface area contributed by atoms with Gasteiger partial charge in [0, 0.05) is 43.8 Å². The lowest BCUT2D eigenvalue weighted by Gasteiger charge is -2.25.